The highest BCUT2D eigenvalue weighted by Crippen LogP contribution is 2.23. The lowest BCUT2D eigenvalue weighted by molar-refractivity contribution is -0.140. The van der Waals surface area contributed by atoms with E-state index in [4.69, 9.17) is 4.74 Å². The van der Waals surface area contributed by atoms with Gasteiger partial charge in [-0.1, -0.05) is 30.3 Å². The Balaban J connectivity index is 1.57. The second kappa shape index (κ2) is 8.44. The van der Waals surface area contributed by atoms with Crippen LogP contribution in [-0.2, 0) is 22.6 Å². The quantitative estimate of drug-likeness (QED) is 0.587. The van der Waals surface area contributed by atoms with E-state index < -0.39 is 0 Å². The normalized spacial score (nSPS) is 10.4. The summed E-state index contributed by atoms with van der Waals surface area (Å²) in [7, 11) is 1.41. The molecule has 0 fully saturated rings. The third-order valence-electron chi connectivity index (χ3n) is 3.78. The summed E-state index contributed by atoms with van der Waals surface area (Å²) in [6.07, 6.45) is 2.87. The number of hydrogen-bond acceptors (Lipinski definition) is 5. The molecule has 3 aromatic rings. The maximum Gasteiger partial charge on any atom is 0.305 e. The van der Waals surface area contributed by atoms with Gasteiger partial charge in [-0.15, -0.1) is 11.3 Å². The van der Waals surface area contributed by atoms with Crippen molar-refractivity contribution in [3.63, 3.8) is 0 Å². The van der Waals surface area contributed by atoms with Crippen LogP contribution in [0.1, 0.15) is 17.5 Å². The van der Waals surface area contributed by atoms with Gasteiger partial charge in [0.2, 0.25) is 0 Å². The van der Waals surface area contributed by atoms with E-state index in [1.165, 1.54) is 7.11 Å². The average molecular weight is 353 g/mol. The fourth-order valence-corrected chi connectivity index (χ4v) is 3.06. The second-order valence-electron chi connectivity index (χ2n) is 5.55. The Morgan fingerprint density at radius 1 is 1.12 bits per heavy atom. The number of carbonyl (C=O) groups is 1. The number of methoxy groups -OCH3 is 1. The molecule has 5 heteroatoms. The number of hydrogen-bond donors (Lipinski definition) is 0. The predicted molar refractivity (Wildman–Crippen MR) is 98.7 cm³/mol. The lowest BCUT2D eigenvalue weighted by atomic mass is 10.1. The van der Waals surface area contributed by atoms with Crippen LogP contribution in [0.25, 0.3) is 10.6 Å². The smallest absolute Gasteiger partial charge is 0.305 e. The van der Waals surface area contributed by atoms with Gasteiger partial charge in [-0.05, 0) is 35.7 Å². The van der Waals surface area contributed by atoms with Gasteiger partial charge < -0.3 is 9.47 Å². The van der Waals surface area contributed by atoms with Crippen molar-refractivity contribution >= 4 is 17.3 Å². The first kappa shape index (κ1) is 17.2. The van der Waals surface area contributed by atoms with Crippen molar-refractivity contribution in [2.75, 3.05) is 7.11 Å². The standard InChI is InChI=1S/C20H19NO3S/c1-23-19(22)10-7-15-5-8-18(9-6-15)24-14-16-3-2-4-17(13-16)20-21-11-12-25-20/h2-6,8-9,11-13H,7,10,14H2,1H3. The van der Waals surface area contributed by atoms with Crippen LogP contribution in [0, 0.1) is 0 Å². The van der Waals surface area contributed by atoms with Crippen LogP contribution in [0.15, 0.2) is 60.1 Å². The van der Waals surface area contributed by atoms with Gasteiger partial charge in [0.05, 0.1) is 7.11 Å². The van der Waals surface area contributed by atoms with E-state index in [1.807, 2.05) is 48.0 Å². The minimum absolute atomic E-state index is 0.194. The van der Waals surface area contributed by atoms with Crippen molar-refractivity contribution in [3.8, 4) is 16.3 Å². The van der Waals surface area contributed by atoms with Gasteiger partial charge in [-0.3, -0.25) is 4.79 Å². The molecule has 1 heterocycles. The maximum absolute atomic E-state index is 11.2. The van der Waals surface area contributed by atoms with Crippen molar-refractivity contribution in [2.45, 2.75) is 19.4 Å². The molecular formula is C20H19NO3S. The van der Waals surface area contributed by atoms with E-state index >= 15 is 0 Å². The van der Waals surface area contributed by atoms with E-state index in [1.54, 1.807) is 11.3 Å². The van der Waals surface area contributed by atoms with Crippen molar-refractivity contribution in [1.82, 2.24) is 4.98 Å². The van der Waals surface area contributed by atoms with Crippen molar-refractivity contribution in [2.24, 2.45) is 0 Å². The molecule has 0 atom stereocenters. The van der Waals surface area contributed by atoms with Crippen molar-refractivity contribution in [1.29, 1.82) is 0 Å². The maximum atomic E-state index is 11.2. The predicted octanol–water partition coefficient (Wildman–Crippen LogP) is 4.49. The van der Waals surface area contributed by atoms with Crippen LogP contribution >= 0.6 is 11.3 Å². The van der Waals surface area contributed by atoms with Crippen LogP contribution in [0.5, 0.6) is 5.75 Å². The number of ether oxygens (including phenoxy) is 2. The van der Waals surface area contributed by atoms with Gasteiger partial charge in [-0.2, -0.15) is 0 Å². The molecule has 25 heavy (non-hydrogen) atoms. The van der Waals surface area contributed by atoms with E-state index in [0.717, 1.165) is 27.4 Å². The number of rotatable bonds is 7. The Bertz CT molecular complexity index is 813. The largest absolute Gasteiger partial charge is 0.489 e. The number of benzene rings is 2. The average Bonchev–Trinajstić information content (AvgIpc) is 3.20. The molecule has 0 N–H and O–H groups in total. The molecule has 128 valence electrons. The number of aromatic nitrogens is 1. The molecular weight excluding hydrogens is 334 g/mol. The van der Waals surface area contributed by atoms with Crippen molar-refractivity contribution in [3.05, 3.63) is 71.2 Å². The summed E-state index contributed by atoms with van der Waals surface area (Å²) < 4.78 is 10.5. The summed E-state index contributed by atoms with van der Waals surface area (Å²) in [6, 6.07) is 16.0. The molecule has 0 saturated heterocycles. The Morgan fingerprint density at radius 2 is 1.96 bits per heavy atom. The lowest BCUT2D eigenvalue weighted by Gasteiger charge is -2.08. The number of carbonyl (C=O) groups excluding carboxylic acids is 1. The highest BCUT2D eigenvalue weighted by molar-refractivity contribution is 7.13. The third kappa shape index (κ3) is 4.90. The number of esters is 1. The van der Waals surface area contributed by atoms with E-state index in [2.05, 4.69) is 21.9 Å². The van der Waals surface area contributed by atoms with Crippen LogP contribution in [0.2, 0.25) is 0 Å². The molecule has 0 amide bonds. The number of aryl methyl sites for hydroxylation is 1. The first-order valence-corrected chi connectivity index (χ1v) is 8.90. The highest BCUT2D eigenvalue weighted by Gasteiger charge is 2.04. The fourth-order valence-electron chi connectivity index (χ4n) is 2.43. The molecule has 0 saturated carbocycles. The zero-order chi connectivity index (χ0) is 17.5. The third-order valence-corrected chi connectivity index (χ3v) is 4.60. The van der Waals surface area contributed by atoms with Gasteiger partial charge in [0, 0.05) is 23.6 Å². The molecule has 3 rings (SSSR count). The van der Waals surface area contributed by atoms with E-state index in [0.29, 0.717) is 19.4 Å². The molecule has 0 bridgehead atoms. The number of thiazole rings is 1. The lowest BCUT2D eigenvalue weighted by Crippen LogP contribution is -2.02. The summed E-state index contributed by atoms with van der Waals surface area (Å²) >= 11 is 1.62. The molecule has 0 aliphatic carbocycles. The Morgan fingerprint density at radius 3 is 2.68 bits per heavy atom. The van der Waals surface area contributed by atoms with Crippen LogP contribution in [-0.4, -0.2) is 18.1 Å². The van der Waals surface area contributed by atoms with E-state index in [9.17, 15) is 4.79 Å². The van der Waals surface area contributed by atoms with Gasteiger partial charge in [0.25, 0.3) is 0 Å². The second-order valence-corrected chi connectivity index (χ2v) is 6.44. The first-order valence-electron chi connectivity index (χ1n) is 8.02. The molecule has 0 aliphatic rings. The molecule has 2 aromatic carbocycles. The Hall–Kier alpha value is -2.66. The zero-order valence-corrected chi connectivity index (χ0v) is 14.8. The summed E-state index contributed by atoms with van der Waals surface area (Å²) in [6.45, 7) is 0.501. The highest BCUT2D eigenvalue weighted by atomic mass is 32.1. The van der Waals surface area contributed by atoms with Crippen LogP contribution in [0.3, 0.4) is 0 Å². The summed E-state index contributed by atoms with van der Waals surface area (Å²) in [5.74, 6) is 0.613. The molecule has 0 spiro atoms. The molecule has 1 aromatic heterocycles. The summed E-state index contributed by atoms with van der Waals surface area (Å²) in [5, 5.41) is 2.98. The van der Waals surface area contributed by atoms with Crippen LogP contribution in [0.4, 0.5) is 0 Å². The minimum Gasteiger partial charge on any atom is -0.489 e. The van der Waals surface area contributed by atoms with Gasteiger partial charge >= 0.3 is 5.97 Å². The van der Waals surface area contributed by atoms with Gasteiger partial charge in [0.15, 0.2) is 0 Å². The van der Waals surface area contributed by atoms with Crippen LogP contribution < -0.4 is 4.74 Å². The topological polar surface area (TPSA) is 48.4 Å². The Labute approximate surface area is 151 Å². The fraction of sp³-hybridized carbons (Fsp3) is 0.200. The molecule has 0 radical (unpaired) electrons. The zero-order valence-electron chi connectivity index (χ0n) is 14.0. The molecule has 4 nitrogen and oxygen atoms in total. The first-order chi connectivity index (χ1) is 12.2. The SMILES string of the molecule is COC(=O)CCc1ccc(OCc2cccc(-c3nccs3)c2)cc1. The molecule has 0 unspecified atom stereocenters. The van der Waals surface area contributed by atoms with Gasteiger partial charge in [-0.25, -0.2) is 4.98 Å². The Kier molecular flexibility index (Phi) is 5.80. The van der Waals surface area contributed by atoms with Gasteiger partial charge in [0.1, 0.15) is 17.4 Å². The monoisotopic (exact) mass is 353 g/mol. The minimum atomic E-state index is -0.194. The van der Waals surface area contributed by atoms with Crippen molar-refractivity contribution < 1.29 is 14.3 Å². The summed E-state index contributed by atoms with van der Waals surface area (Å²) in [4.78, 5) is 15.5. The number of nitrogens with zero attached hydrogens (tertiary/aromatic N) is 1. The summed E-state index contributed by atoms with van der Waals surface area (Å²) in [5.41, 5.74) is 3.29. The van der Waals surface area contributed by atoms with E-state index in [-0.39, 0.29) is 5.97 Å². The molecule has 0 aliphatic heterocycles.